The van der Waals surface area contributed by atoms with Gasteiger partial charge in [-0.3, -0.25) is 20.4 Å². The van der Waals surface area contributed by atoms with Gasteiger partial charge >= 0.3 is 37.0 Å². The number of rotatable bonds is 8. The van der Waals surface area contributed by atoms with Crippen LogP contribution < -0.4 is 32.1 Å². The van der Waals surface area contributed by atoms with E-state index in [-0.39, 0.29) is 28.2 Å². The van der Waals surface area contributed by atoms with Crippen LogP contribution in [0.4, 0.5) is 22.7 Å². The van der Waals surface area contributed by atoms with E-state index in [2.05, 4.69) is 60.5 Å². The van der Waals surface area contributed by atoms with E-state index in [0.29, 0.717) is 44.1 Å². The average Bonchev–Trinajstić information content (AvgIpc) is 2.95. The Morgan fingerprint density at radius 3 is 1.30 bits per heavy atom. The third kappa shape index (κ3) is 9.64. The molecule has 0 fully saturated rings. The fourth-order valence-corrected chi connectivity index (χ4v) is 4.23. The maximum Gasteiger partial charge on any atom is 2.00 e. The summed E-state index contributed by atoms with van der Waals surface area (Å²) in [6, 6.07) is 21.7. The Bertz CT molecular complexity index is 1590. The van der Waals surface area contributed by atoms with Gasteiger partial charge in [-0.1, -0.05) is 36.4 Å². The summed E-state index contributed by atoms with van der Waals surface area (Å²) in [5, 5.41) is 3.17. The molecule has 0 aliphatic rings. The number of hydrogen-bond acceptors (Lipinski definition) is 8. The maximum atomic E-state index is 11.7. The number of hydrogen-bond donors (Lipinski definition) is 2. The number of hydrazine groups is 2. The van der Waals surface area contributed by atoms with E-state index in [0.717, 1.165) is 11.4 Å². The van der Waals surface area contributed by atoms with Gasteiger partial charge in [-0.05, 0) is 38.1 Å². The SMILES string of the molecule is Cc1cc(NN(C(=[SH+])[SH2+])c2ccccc2)c(C=O)c(=O)o1.Cc1cc(NN(C(=[SH+])[SH2+])c2ccccc2)c(C=O)c(=O)o1.[Cu+2]. The molecule has 0 atom stereocenters. The molecule has 0 amide bonds. The van der Waals surface area contributed by atoms with Crippen molar-refractivity contribution in [3.63, 3.8) is 0 Å². The quantitative estimate of drug-likeness (QED) is 0.0702. The summed E-state index contributed by atoms with van der Waals surface area (Å²) in [4.78, 5) is 45.6. The number of carbonyl (C=O) groups excluding carboxylic acids is 2. The van der Waals surface area contributed by atoms with E-state index < -0.39 is 11.3 Å². The second kappa shape index (κ2) is 16.8. The van der Waals surface area contributed by atoms with Gasteiger partial charge in [-0.25, -0.2) is 9.59 Å². The van der Waals surface area contributed by atoms with Gasteiger partial charge in [0.1, 0.15) is 22.6 Å². The molecule has 1 radical (unpaired) electrons. The molecule has 10 nitrogen and oxygen atoms in total. The smallest absolute Gasteiger partial charge is 0.428 e. The molecule has 0 aliphatic heterocycles. The van der Waals surface area contributed by atoms with Crippen LogP contribution in [0.25, 0.3) is 0 Å². The fourth-order valence-electron chi connectivity index (χ4n) is 3.53. The van der Waals surface area contributed by atoms with Gasteiger partial charge in [0, 0.05) is 12.1 Å². The Morgan fingerprint density at radius 2 is 1.02 bits per heavy atom. The van der Waals surface area contributed by atoms with E-state index >= 15 is 0 Å². The number of anilines is 4. The number of aldehydes is 2. The molecule has 0 saturated heterocycles. The van der Waals surface area contributed by atoms with E-state index in [4.69, 9.17) is 8.83 Å². The molecular formula is C28H28CuN4O6S4+6. The molecule has 4 rings (SSSR count). The molecule has 15 heteroatoms. The normalized spacial score (nSPS) is 9.77. The zero-order valence-corrected chi connectivity index (χ0v) is 27.4. The summed E-state index contributed by atoms with van der Waals surface area (Å²) < 4.78 is 10.7. The number of benzene rings is 2. The van der Waals surface area contributed by atoms with Gasteiger partial charge in [-0.2, -0.15) is 10.0 Å². The van der Waals surface area contributed by atoms with Crippen molar-refractivity contribution in [1.82, 2.24) is 0 Å². The first-order valence-corrected chi connectivity index (χ1v) is 13.9. The number of thiol groups is 2. The van der Waals surface area contributed by atoms with Crippen LogP contribution in [0.3, 0.4) is 0 Å². The van der Waals surface area contributed by atoms with Crippen LogP contribution in [0.2, 0.25) is 0 Å². The van der Waals surface area contributed by atoms with E-state index in [1.807, 2.05) is 60.7 Å². The molecule has 225 valence electrons. The molecule has 43 heavy (non-hydrogen) atoms. The molecule has 0 spiro atoms. The molecule has 2 heterocycles. The summed E-state index contributed by atoms with van der Waals surface area (Å²) >= 11 is 15.2. The van der Waals surface area contributed by atoms with Gasteiger partial charge in [0.05, 0.1) is 48.0 Å². The van der Waals surface area contributed by atoms with E-state index in [1.54, 1.807) is 36.0 Å². The molecule has 2 aromatic heterocycles. The van der Waals surface area contributed by atoms with E-state index in [1.165, 1.54) is 0 Å². The summed E-state index contributed by atoms with van der Waals surface area (Å²) in [5.74, 6) is 0.798. The van der Waals surface area contributed by atoms with Crippen molar-refractivity contribution in [1.29, 1.82) is 0 Å². The fraction of sp³-hybridized carbons (Fsp3) is 0.0714. The van der Waals surface area contributed by atoms with Crippen LogP contribution in [0.1, 0.15) is 32.2 Å². The Balaban J connectivity index is 0.000000293. The number of nitrogens with zero attached hydrogens (tertiary/aromatic N) is 2. The second-order valence-electron chi connectivity index (χ2n) is 8.39. The number of aryl methyl sites for hydroxylation is 2. The molecule has 0 aliphatic carbocycles. The van der Waals surface area contributed by atoms with Gasteiger partial charge in [0.15, 0.2) is 12.6 Å². The number of carbonyl (C=O) groups is 2. The van der Waals surface area contributed by atoms with Crippen LogP contribution in [0.5, 0.6) is 0 Å². The van der Waals surface area contributed by atoms with Crippen LogP contribution in [-0.2, 0) is 66.8 Å². The zero-order chi connectivity index (χ0) is 30.8. The van der Waals surface area contributed by atoms with E-state index in [9.17, 15) is 19.2 Å². The van der Waals surface area contributed by atoms with Crippen LogP contribution in [0.15, 0.2) is 91.2 Å². The molecule has 4 aromatic rings. The van der Waals surface area contributed by atoms with Crippen LogP contribution in [0, 0.1) is 13.8 Å². The predicted molar refractivity (Wildman–Crippen MR) is 183 cm³/mol. The topological polar surface area (TPSA) is 125 Å². The largest absolute Gasteiger partial charge is 2.00 e. The third-order valence-electron chi connectivity index (χ3n) is 5.38. The summed E-state index contributed by atoms with van der Waals surface area (Å²) in [6.45, 7) is 3.26. The summed E-state index contributed by atoms with van der Waals surface area (Å²) in [5.41, 5.74) is 6.66. The van der Waals surface area contributed by atoms with Gasteiger partial charge in [0.25, 0.3) is 0 Å². The zero-order valence-electron chi connectivity index (χ0n) is 22.6. The Kier molecular flexibility index (Phi) is 13.9. The number of para-hydroxylation sites is 2. The minimum absolute atomic E-state index is 0. The van der Waals surface area contributed by atoms with Gasteiger partial charge < -0.3 is 8.83 Å². The second-order valence-corrected chi connectivity index (χ2v) is 11.0. The molecular weight excluding hydrogens is 680 g/mol. The van der Waals surface area contributed by atoms with Gasteiger partial charge in [0.2, 0.25) is 24.4 Å². The third-order valence-corrected chi connectivity index (χ3v) is 6.22. The minimum Gasteiger partial charge on any atom is -0.428 e. The Hall–Kier alpha value is -3.72. The first kappa shape index (κ1) is 35.5. The first-order valence-electron chi connectivity index (χ1n) is 12.0. The Morgan fingerprint density at radius 1 is 0.698 bits per heavy atom. The standard InChI is InChI=1S/2C14H12N2O3S2.Cu/c2*1-9-7-12(11(8-17)13(18)19-9)15-16(14(20)21)10-5-3-2-4-6-10;/h2*2-8,15H,1H3,(H,20,21);/q;;+2/p+4. The monoisotopic (exact) mass is 707 g/mol. The molecule has 0 saturated carbocycles. The van der Waals surface area contributed by atoms with Crippen molar-refractivity contribution in [2.24, 2.45) is 0 Å². The molecule has 2 aromatic carbocycles. The minimum atomic E-state index is -0.685. The van der Waals surface area contributed by atoms with Crippen LogP contribution in [-0.4, -0.2) is 21.2 Å². The predicted octanol–water partition coefficient (Wildman–Crippen LogP) is 1.94. The molecule has 0 bridgehead atoms. The summed E-state index contributed by atoms with van der Waals surface area (Å²) in [6.07, 6.45) is 0.922. The van der Waals surface area contributed by atoms with Crippen molar-refractivity contribution in [3.05, 3.63) is 116 Å². The van der Waals surface area contributed by atoms with Gasteiger partial charge in [-0.15, -0.1) is 0 Å². The van der Waals surface area contributed by atoms with Crippen molar-refractivity contribution in [2.45, 2.75) is 13.8 Å². The van der Waals surface area contributed by atoms with Crippen molar-refractivity contribution in [2.75, 3.05) is 20.9 Å². The first-order chi connectivity index (χ1) is 20.0. The summed E-state index contributed by atoms with van der Waals surface area (Å²) in [7, 11) is 0. The maximum absolute atomic E-state index is 11.7. The van der Waals surface area contributed by atoms with Crippen molar-refractivity contribution >= 4 is 93.7 Å². The molecule has 2 N–H and O–H groups in total. The van der Waals surface area contributed by atoms with Crippen molar-refractivity contribution < 1.29 is 35.5 Å². The van der Waals surface area contributed by atoms with Crippen molar-refractivity contribution in [3.8, 4) is 0 Å². The Labute approximate surface area is 278 Å². The van der Waals surface area contributed by atoms with Crippen LogP contribution >= 0.6 is 0 Å². The molecule has 0 unspecified atom stereocenters. The average molecular weight is 708 g/mol. The number of nitrogens with one attached hydrogen (secondary N) is 2.